The van der Waals surface area contributed by atoms with Gasteiger partial charge in [-0.2, -0.15) is 0 Å². The summed E-state index contributed by atoms with van der Waals surface area (Å²) in [4.78, 5) is 41.1. The third kappa shape index (κ3) is 5.08. The van der Waals surface area contributed by atoms with Crippen LogP contribution in [0.1, 0.15) is 4.88 Å². The molecule has 0 unspecified atom stereocenters. The van der Waals surface area contributed by atoms with Crippen molar-refractivity contribution in [2.45, 2.75) is 17.8 Å². The lowest BCUT2D eigenvalue weighted by molar-refractivity contribution is -0.150. The summed E-state index contributed by atoms with van der Waals surface area (Å²) in [5.41, 5.74) is 0.607. The first-order valence-corrected chi connectivity index (χ1v) is 16.9. The molecule has 2 aliphatic heterocycles. The van der Waals surface area contributed by atoms with Crippen LogP contribution in [0.15, 0.2) is 120 Å². The van der Waals surface area contributed by atoms with E-state index in [-0.39, 0.29) is 18.0 Å². The number of amides is 2. The Labute approximate surface area is 246 Å². The first-order valence-electron chi connectivity index (χ1n) is 13.1. The minimum atomic E-state index is -2.48. The van der Waals surface area contributed by atoms with Crippen molar-refractivity contribution < 1.29 is 19.5 Å². The van der Waals surface area contributed by atoms with Crippen molar-refractivity contribution in [3.05, 3.63) is 125 Å². The van der Waals surface area contributed by atoms with E-state index >= 15 is 0 Å². The van der Waals surface area contributed by atoms with E-state index in [0.29, 0.717) is 11.3 Å². The topological polar surface area (TPSA) is 86.7 Å². The second-order valence-electron chi connectivity index (χ2n) is 9.75. The van der Waals surface area contributed by atoms with Gasteiger partial charge in [0.2, 0.25) is 5.91 Å². The molecule has 0 radical (unpaired) electrons. The van der Waals surface area contributed by atoms with E-state index in [9.17, 15) is 19.5 Å². The molecule has 9 heteroatoms. The van der Waals surface area contributed by atoms with Gasteiger partial charge in [-0.15, -0.1) is 23.1 Å². The number of hydrogen-bond acceptors (Lipinski definition) is 5. The normalized spacial score (nSPS) is 18.3. The Bertz CT molecular complexity index is 1570. The number of carboxylic acid groups (broad SMARTS) is 1. The summed E-state index contributed by atoms with van der Waals surface area (Å²) in [6.45, 7) is -2.48. The fraction of sp³-hybridized carbons (Fsp3) is 0.125. The lowest BCUT2D eigenvalue weighted by atomic mass is 10.0. The smallest absolute Gasteiger partial charge is 0.352 e. The van der Waals surface area contributed by atoms with Gasteiger partial charge in [-0.3, -0.25) is 14.5 Å². The van der Waals surface area contributed by atoms with Gasteiger partial charge in [0.15, 0.2) is 0 Å². The third-order valence-electron chi connectivity index (χ3n) is 7.27. The maximum Gasteiger partial charge on any atom is 0.352 e. The number of hydrogen-bond donors (Lipinski definition) is 2. The minimum Gasteiger partial charge on any atom is -0.477 e. The van der Waals surface area contributed by atoms with Crippen molar-refractivity contribution in [3.63, 3.8) is 0 Å². The summed E-state index contributed by atoms with van der Waals surface area (Å²) in [6, 6.07) is 33.5. The van der Waals surface area contributed by atoms with Gasteiger partial charge in [-0.05, 0) is 45.6 Å². The largest absolute Gasteiger partial charge is 0.477 e. The van der Waals surface area contributed by atoms with E-state index in [2.05, 4.69) is 47.5 Å². The first-order chi connectivity index (χ1) is 20.0. The summed E-state index contributed by atoms with van der Waals surface area (Å²) in [5.74, 6) is 0.738. The summed E-state index contributed by atoms with van der Waals surface area (Å²) in [7, 11) is 0. The van der Waals surface area contributed by atoms with Crippen LogP contribution in [0.2, 0.25) is 0 Å². The lowest BCUT2D eigenvalue weighted by Crippen LogP contribution is -2.70. The van der Waals surface area contributed by atoms with Gasteiger partial charge in [-0.25, -0.2) is 4.79 Å². The maximum absolute atomic E-state index is 13.4. The van der Waals surface area contributed by atoms with Crippen LogP contribution in [0.3, 0.4) is 0 Å². The standard InChI is InChI=1S/C32H27N2O4PS2/c35-27(19-26-17-10-18-40-26)33-28-30(36)34-29(32(37)38)22(21-41-31(28)34)20-39(23-11-4-1-5-12-23,24-13-6-2-7-14-24)25-15-8-3-9-16-25/h1-18,20,28,31H,19,21H2,(H,33,35)(H,37,38)/t28-,31+/m1/s1. The van der Waals surface area contributed by atoms with Crippen LogP contribution in [0.5, 0.6) is 0 Å². The summed E-state index contributed by atoms with van der Waals surface area (Å²) >= 11 is 2.97. The molecule has 6 nitrogen and oxygen atoms in total. The fourth-order valence-corrected chi connectivity index (χ4v) is 11.5. The van der Waals surface area contributed by atoms with Crippen LogP contribution < -0.4 is 21.2 Å². The predicted molar refractivity (Wildman–Crippen MR) is 169 cm³/mol. The van der Waals surface area contributed by atoms with Crippen molar-refractivity contribution in [2.24, 2.45) is 0 Å². The van der Waals surface area contributed by atoms with Crippen molar-refractivity contribution in [1.82, 2.24) is 10.2 Å². The molecule has 2 atom stereocenters. The van der Waals surface area contributed by atoms with E-state index < -0.39 is 30.2 Å². The number of carbonyl (C=O) groups excluding carboxylic acids is 2. The number of β-lactam (4-membered cyclic amide) rings is 1. The molecule has 206 valence electrons. The molecule has 41 heavy (non-hydrogen) atoms. The number of nitrogens with zero attached hydrogens (tertiary/aromatic N) is 1. The zero-order valence-corrected chi connectivity index (χ0v) is 24.4. The zero-order valence-electron chi connectivity index (χ0n) is 21.9. The highest BCUT2D eigenvalue weighted by Crippen LogP contribution is 2.47. The summed E-state index contributed by atoms with van der Waals surface area (Å²) < 4.78 is 0. The molecule has 0 bridgehead atoms. The van der Waals surface area contributed by atoms with E-state index in [4.69, 9.17) is 0 Å². The number of aliphatic carboxylic acids is 1. The van der Waals surface area contributed by atoms with Crippen LogP contribution in [-0.4, -0.2) is 50.8 Å². The second kappa shape index (κ2) is 11.6. The monoisotopic (exact) mass is 598 g/mol. The molecule has 2 amide bonds. The molecule has 2 aliphatic rings. The number of rotatable bonds is 8. The van der Waals surface area contributed by atoms with Gasteiger partial charge in [0.1, 0.15) is 17.1 Å². The number of nitrogens with one attached hydrogen (secondary N) is 1. The van der Waals surface area contributed by atoms with Gasteiger partial charge in [0, 0.05) is 10.6 Å². The quantitative estimate of drug-likeness (QED) is 0.238. The molecule has 0 spiro atoms. The highest BCUT2D eigenvalue weighted by Gasteiger charge is 2.54. The Morgan fingerprint density at radius 3 is 1.93 bits per heavy atom. The highest BCUT2D eigenvalue weighted by atomic mass is 32.2. The molecule has 3 aromatic carbocycles. The highest BCUT2D eigenvalue weighted by molar-refractivity contribution is 8.00. The van der Waals surface area contributed by atoms with Gasteiger partial charge in [0.25, 0.3) is 5.91 Å². The van der Waals surface area contributed by atoms with Gasteiger partial charge in [-0.1, -0.05) is 97.1 Å². The molecular formula is C32H27N2O4PS2. The summed E-state index contributed by atoms with van der Waals surface area (Å²) in [5, 5.41) is 18.0. The zero-order chi connectivity index (χ0) is 28.4. The molecule has 2 N–H and O–H groups in total. The molecule has 1 fully saturated rings. The number of fused-ring (bicyclic) bond motifs is 1. The molecule has 6 rings (SSSR count). The van der Waals surface area contributed by atoms with Gasteiger partial charge >= 0.3 is 5.97 Å². The Hall–Kier alpha value is -3.84. The molecular weight excluding hydrogens is 571 g/mol. The van der Waals surface area contributed by atoms with Crippen LogP contribution in [0, 0.1) is 0 Å². The van der Waals surface area contributed by atoms with E-state index in [1.165, 1.54) is 28.0 Å². The van der Waals surface area contributed by atoms with E-state index in [0.717, 1.165) is 20.8 Å². The number of thioether (sulfide) groups is 1. The number of carboxylic acids is 1. The predicted octanol–water partition coefficient (Wildman–Crippen LogP) is 3.83. The Balaban J connectivity index is 1.46. The van der Waals surface area contributed by atoms with Crippen molar-refractivity contribution in [2.75, 3.05) is 5.75 Å². The molecule has 0 saturated carbocycles. The van der Waals surface area contributed by atoms with Gasteiger partial charge in [0.05, 0.1) is 6.42 Å². The van der Waals surface area contributed by atoms with E-state index in [1.54, 1.807) is 0 Å². The Morgan fingerprint density at radius 2 is 1.44 bits per heavy atom. The first kappa shape index (κ1) is 27.3. The van der Waals surface area contributed by atoms with Crippen LogP contribution in [-0.2, 0) is 20.8 Å². The number of carbonyl (C=O) groups is 3. The lowest BCUT2D eigenvalue weighted by Gasteiger charge is -2.49. The molecule has 0 aliphatic carbocycles. The SMILES string of the molecule is O=C(Cc1cccs1)N[C@@H]1C(=O)N2C(C(=O)O)=C(C=P(c3ccccc3)(c3ccccc3)c3ccccc3)CS[C@@H]12. The molecule has 4 aromatic rings. The average Bonchev–Trinajstić information content (AvgIpc) is 3.52. The van der Waals surface area contributed by atoms with Gasteiger partial charge < -0.3 is 10.4 Å². The number of benzene rings is 3. The fourth-order valence-electron chi connectivity index (χ4n) is 5.43. The van der Waals surface area contributed by atoms with Crippen molar-refractivity contribution in [3.8, 4) is 0 Å². The number of thiophene rings is 1. The Morgan fingerprint density at radius 1 is 0.878 bits per heavy atom. The third-order valence-corrected chi connectivity index (χ3v) is 13.5. The summed E-state index contributed by atoms with van der Waals surface area (Å²) in [6.07, 6.45) is 0.192. The van der Waals surface area contributed by atoms with Crippen molar-refractivity contribution >= 4 is 69.5 Å². The minimum absolute atomic E-state index is 0.00493. The molecule has 1 aromatic heterocycles. The second-order valence-corrected chi connectivity index (χ2v) is 15.1. The maximum atomic E-state index is 13.4. The van der Waals surface area contributed by atoms with Crippen LogP contribution in [0.4, 0.5) is 0 Å². The molecule has 1 saturated heterocycles. The average molecular weight is 599 g/mol. The van der Waals surface area contributed by atoms with Crippen LogP contribution in [0.25, 0.3) is 0 Å². The van der Waals surface area contributed by atoms with Crippen molar-refractivity contribution in [1.29, 1.82) is 0 Å². The van der Waals surface area contributed by atoms with E-state index in [1.807, 2.05) is 72.1 Å². The Kier molecular flexibility index (Phi) is 7.71. The molecule has 3 heterocycles. The van der Waals surface area contributed by atoms with Crippen LogP contribution >= 0.6 is 30.0 Å².